The summed E-state index contributed by atoms with van der Waals surface area (Å²) >= 11 is 0. The van der Waals surface area contributed by atoms with Gasteiger partial charge in [0.25, 0.3) is 5.69 Å². The Morgan fingerprint density at radius 3 is 2.50 bits per heavy atom. The molecular weight excluding hydrogens is 260 g/mol. The lowest BCUT2D eigenvalue weighted by Gasteiger charge is -2.12. The first kappa shape index (κ1) is 13.5. The highest BCUT2D eigenvalue weighted by Crippen LogP contribution is 2.36. The first-order valence-corrected chi connectivity index (χ1v) is 5.84. The molecule has 0 heterocycles. The quantitative estimate of drug-likeness (QED) is 0.514. The van der Waals surface area contributed by atoms with Crippen molar-refractivity contribution in [3.05, 3.63) is 58.1 Å². The van der Waals surface area contributed by atoms with E-state index in [9.17, 15) is 14.9 Å². The molecule has 102 valence electrons. The van der Waals surface area contributed by atoms with Gasteiger partial charge in [0.05, 0.1) is 4.92 Å². The number of anilines is 1. The van der Waals surface area contributed by atoms with Gasteiger partial charge in [0.1, 0.15) is 17.2 Å². The summed E-state index contributed by atoms with van der Waals surface area (Å²) in [6, 6.07) is 11.9. The summed E-state index contributed by atoms with van der Waals surface area (Å²) in [7, 11) is 0. The highest BCUT2D eigenvalue weighted by atomic mass is 16.6. The van der Waals surface area contributed by atoms with E-state index in [2.05, 4.69) is 5.32 Å². The molecule has 0 unspecified atom stereocenters. The van der Waals surface area contributed by atoms with E-state index < -0.39 is 4.92 Å². The molecule has 0 fully saturated rings. The molecule has 0 bridgehead atoms. The monoisotopic (exact) mass is 272 g/mol. The summed E-state index contributed by atoms with van der Waals surface area (Å²) in [5, 5.41) is 13.3. The van der Waals surface area contributed by atoms with E-state index in [-0.39, 0.29) is 11.4 Å². The van der Waals surface area contributed by atoms with Crippen molar-refractivity contribution in [3.63, 3.8) is 0 Å². The third-order valence-electron chi connectivity index (χ3n) is 2.76. The minimum atomic E-state index is -0.550. The minimum Gasteiger partial charge on any atom is -0.457 e. The summed E-state index contributed by atoms with van der Waals surface area (Å²) in [6.07, 6.45) is 0.404. The SMILES string of the molecule is Cc1c(Oc2ccccc2)ccc([N+](=O)[O-])c1NC=O. The van der Waals surface area contributed by atoms with Crippen LogP contribution in [-0.4, -0.2) is 11.3 Å². The highest BCUT2D eigenvalue weighted by Gasteiger charge is 2.19. The maximum atomic E-state index is 10.9. The average Bonchev–Trinajstić information content (AvgIpc) is 2.44. The molecule has 2 aromatic carbocycles. The zero-order chi connectivity index (χ0) is 14.5. The summed E-state index contributed by atoms with van der Waals surface area (Å²) < 4.78 is 5.65. The van der Waals surface area contributed by atoms with Gasteiger partial charge >= 0.3 is 0 Å². The van der Waals surface area contributed by atoms with Gasteiger partial charge in [-0.25, -0.2) is 0 Å². The molecule has 6 nitrogen and oxygen atoms in total. The average molecular weight is 272 g/mol. The molecule has 1 N–H and O–H groups in total. The number of hydrogen-bond acceptors (Lipinski definition) is 4. The van der Waals surface area contributed by atoms with Crippen molar-refractivity contribution in [3.8, 4) is 11.5 Å². The number of carbonyl (C=O) groups excluding carboxylic acids is 1. The summed E-state index contributed by atoms with van der Waals surface area (Å²) in [5.74, 6) is 1.06. The molecule has 0 aromatic heterocycles. The number of para-hydroxylation sites is 1. The van der Waals surface area contributed by atoms with E-state index >= 15 is 0 Å². The van der Waals surface area contributed by atoms with Crippen LogP contribution < -0.4 is 10.1 Å². The molecule has 0 spiro atoms. The van der Waals surface area contributed by atoms with Crippen LogP contribution in [0.25, 0.3) is 0 Å². The molecule has 0 saturated heterocycles. The predicted molar refractivity (Wildman–Crippen MR) is 74.0 cm³/mol. The fraction of sp³-hybridized carbons (Fsp3) is 0.0714. The van der Waals surface area contributed by atoms with Gasteiger partial charge in [-0.05, 0) is 25.1 Å². The van der Waals surface area contributed by atoms with E-state index in [1.807, 2.05) is 18.2 Å². The molecule has 0 atom stereocenters. The second-order valence-electron chi connectivity index (χ2n) is 4.02. The largest absolute Gasteiger partial charge is 0.457 e. The third kappa shape index (κ3) is 2.74. The van der Waals surface area contributed by atoms with Gasteiger partial charge in [0, 0.05) is 11.6 Å². The number of nitrogens with one attached hydrogen (secondary N) is 1. The zero-order valence-corrected chi connectivity index (χ0v) is 10.7. The number of nitro benzene ring substituents is 1. The van der Waals surface area contributed by atoms with Crippen LogP contribution in [0.3, 0.4) is 0 Å². The molecule has 1 amide bonds. The zero-order valence-electron chi connectivity index (χ0n) is 10.7. The number of hydrogen-bond donors (Lipinski definition) is 1. The van der Waals surface area contributed by atoms with Crippen molar-refractivity contribution in [2.75, 3.05) is 5.32 Å². The van der Waals surface area contributed by atoms with Crippen LogP contribution in [-0.2, 0) is 4.79 Å². The van der Waals surface area contributed by atoms with Crippen LogP contribution >= 0.6 is 0 Å². The molecule has 20 heavy (non-hydrogen) atoms. The molecular formula is C14H12N2O4. The highest BCUT2D eigenvalue weighted by molar-refractivity contribution is 5.81. The number of ether oxygens (including phenoxy) is 1. The van der Waals surface area contributed by atoms with Gasteiger partial charge in [-0.15, -0.1) is 0 Å². The third-order valence-corrected chi connectivity index (χ3v) is 2.76. The molecule has 2 rings (SSSR count). The van der Waals surface area contributed by atoms with E-state index in [0.29, 0.717) is 23.5 Å². The lowest BCUT2D eigenvalue weighted by atomic mass is 10.1. The summed E-state index contributed by atoms with van der Waals surface area (Å²) in [5.41, 5.74) is 0.462. The molecule has 0 aliphatic heterocycles. The lowest BCUT2D eigenvalue weighted by Crippen LogP contribution is -2.03. The van der Waals surface area contributed by atoms with Crippen molar-refractivity contribution >= 4 is 17.8 Å². The second kappa shape index (κ2) is 5.83. The van der Waals surface area contributed by atoms with Gasteiger partial charge in [-0.3, -0.25) is 14.9 Å². The molecule has 6 heteroatoms. The maximum absolute atomic E-state index is 10.9. The van der Waals surface area contributed by atoms with E-state index in [1.165, 1.54) is 12.1 Å². The van der Waals surface area contributed by atoms with Gasteiger partial charge in [-0.1, -0.05) is 18.2 Å². The van der Waals surface area contributed by atoms with Crippen LogP contribution in [0.2, 0.25) is 0 Å². The Labute approximate surface area is 115 Å². The maximum Gasteiger partial charge on any atom is 0.293 e. The normalized spacial score (nSPS) is 9.85. The lowest BCUT2D eigenvalue weighted by molar-refractivity contribution is -0.384. The van der Waals surface area contributed by atoms with Crippen molar-refractivity contribution < 1.29 is 14.5 Å². The van der Waals surface area contributed by atoms with Crippen molar-refractivity contribution in [2.24, 2.45) is 0 Å². The van der Waals surface area contributed by atoms with Gasteiger partial charge in [0.15, 0.2) is 0 Å². The van der Waals surface area contributed by atoms with Gasteiger partial charge in [-0.2, -0.15) is 0 Å². The van der Waals surface area contributed by atoms with Crippen molar-refractivity contribution in [1.29, 1.82) is 0 Å². The smallest absolute Gasteiger partial charge is 0.293 e. The Morgan fingerprint density at radius 2 is 1.90 bits per heavy atom. The summed E-state index contributed by atoms with van der Waals surface area (Å²) in [6.45, 7) is 1.65. The Morgan fingerprint density at radius 1 is 1.20 bits per heavy atom. The fourth-order valence-electron chi connectivity index (χ4n) is 1.80. The second-order valence-corrected chi connectivity index (χ2v) is 4.02. The van der Waals surface area contributed by atoms with Crippen LogP contribution in [0, 0.1) is 17.0 Å². The van der Waals surface area contributed by atoms with Crippen molar-refractivity contribution in [2.45, 2.75) is 6.92 Å². The Balaban J connectivity index is 2.43. The Bertz CT molecular complexity index is 641. The van der Waals surface area contributed by atoms with Crippen LogP contribution in [0.15, 0.2) is 42.5 Å². The topological polar surface area (TPSA) is 81.5 Å². The molecule has 0 aliphatic carbocycles. The summed E-state index contributed by atoms with van der Waals surface area (Å²) in [4.78, 5) is 21.0. The van der Waals surface area contributed by atoms with Crippen LogP contribution in [0.4, 0.5) is 11.4 Å². The molecule has 0 aliphatic rings. The fourth-order valence-corrected chi connectivity index (χ4v) is 1.80. The standard InChI is InChI=1S/C14H12N2O4/c1-10-13(20-11-5-3-2-4-6-11)8-7-12(16(18)19)14(10)15-9-17/h2-9H,1H3,(H,15,17). The minimum absolute atomic E-state index is 0.137. The van der Waals surface area contributed by atoms with Crippen LogP contribution in [0.5, 0.6) is 11.5 Å². The Hall–Kier alpha value is -2.89. The number of rotatable bonds is 5. The van der Waals surface area contributed by atoms with E-state index in [4.69, 9.17) is 4.74 Å². The number of amides is 1. The number of benzene rings is 2. The van der Waals surface area contributed by atoms with Gasteiger partial charge < -0.3 is 10.1 Å². The van der Waals surface area contributed by atoms with E-state index in [1.54, 1.807) is 19.1 Å². The molecule has 0 saturated carbocycles. The van der Waals surface area contributed by atoms with Gasteiger partial charge in [0.2, 0.25) is 6.41 Å². The number of carbonyl (C=O) groups is 1. The Kier molecular flexibility index (Phi) is 3.95. The number of nitro groups is 1. The first-order valence-electron chi connectivity index (χ1n) is 5.84. The van der Waals surface area contributed by atoms with Crippen LogP contribution in [0.1, 0.15) is 5.56 Å². The number of nitrogens with zero attached hydrogens (tertiary/aromatic N) is 1. The predicted octanol–water partition coefficient (Wildman–Crippen LogP) is 3.26. The molecule has 2 aromatic rings. The van der Waals surface area contributed by atoms with E-state index in [0.717, 1.165) is 0 Å². The first-order chi connectivity index (χ1) is 9.63. The van der Waals surface area contributed by atoms with Crippen molar-refractivity contribution in [1.82, 2.24) is 0 Å². The molecule has 0 radical (unpaired) electrons.